The summed E-state index contributed by atoms with van der Waals surface area (Å²) in [4.78, 5) is 5.21. The highest BCUT2D eigenvalue weighted by Crippen LogP contribution is 2.23. The number of nitrogens with two attached hydrogens (primary N) is 1. The Morgan fingerprint density at radius 2 is 1.67 bits per heavy atom. The molecule has 0 amide bonds. The first-order valence-corrected chi connectivity index (χ1v) is 7.64. The molecule has 108 valence electrons. The van der Waals surface area contributed by atoms with Gasteiger partial charge in [0.25, 0.3) is 0 Å². The first-order chi connectivity index (χ1) is 8.49. The summed E-state index contributed by atoms with van der Waals surface area (Å²) in [6.07, 6.45) is 2.48. The number of hydrogen-bond acceptors (Lipinski definition) is 3. The van der Waals surface area contributed by atoms with Crippen LogP contribution in [-0.4, -0.2) is 55.6 Å². The summed E-state index contributed by atoms with van der Waals surface area (Å²) in [5.74, 6) is 0.783. The van der Waals surface area contributed by atoms with Gasteiger partial charge in [0.1, 0.15) is 0 Å². The molecule has 1 atom stereocenters. The Balaban J connectivity index is 2.34. The van der Waals surface area contributed by atoms with Crippen molar-refractivity contribution in [1.29, 1.82) is 0 Å². The molecule has 1 aliphatic rings. The summed E-state index contributed by atoms with van der Waals surface area (Å²) in [6, 6.07) is 0. The topological polar surface area (TPSA) is 32.5 Å². The fourth-order valence-electron chi connectivity index (χ4n) is 3.04. The van der Waals surface area contributed by atoms with Crippen LogP contribution in [-0.2, 0) is 0 Å². The molecule has 3 nitrogen and oxygen atoms in total. The second-order valence-corrected chi connectivity index (χ2v) is 6.74. The molecule has 0 aliphatic carbocycles. The third-order valence-electron chi connectivity index (χ3n) is 4.04. The van der Waals surface area contributed by atoms with Gasteiger partial charge < -0.3 is 15.5 Å². The molecule has 0 aromatic carbocycles. The summed E-state index contributed by atoms with van der Waals surface area (Å²) in [5.41, 5.74) is 6.28. The molecular formula is C15H33N3. The summed E-state index contributed by atoms with van der Waals surface area (Å²) in [6.45, 7) is 17.3. The normalized spacial score (nSPS) is 22.3. The van der Waals surface area contributed by atoms with Crippen molar-refractivity contribution in [2.75, 3.05) is 45.8 Å². The van der Waals surface area contributed by atoms with E-state index in [0.717, 1.165) is 12.5 Å². The summed E-state index contributed by atoms with van der Waals surface area (Å²) < 4.78 is 0. The maximum absolute atomic E-state index is 5.97. The molecule has 0 radical (unpaired) electrons. The van der Waals surface area contributed by atoms with Crippen molar-refractivity contribution in [2.45, 2.75) is 40.5 Å². The van der Waals surface area contributed by atoms with Gasteiger partial charge in [-0.05, 0) is 24.3 Å². The standard InChI is InChI=1S/C15H33N3/c1-5-6-15(4,12-16)13-18-9-7-17(8-10-18)11-14(2)3/h14H,5-13,16H2,1-4H3. The number of rotatable bonds is 7. The van der Waals surface area contributed by atoms with Gasteiger partial charge in [0.15, 0.2) is 0 Å². The van der Waals surface area contributed by atoms with E-state index in [4.69, 9.17) is 5.73 Å². The monoisotopic (exact) mass is 255 g/mol. The number of hydrogen-bond donors (Lipinski definition) is 1. The van der Waals surface area contributed by atoms with Crippen molar-refractivity contribution in [3.63, 3.8) is 0 Å². The SMILES string of the molecule is CCCC(C)(CN)CN1CCN(CC(C)C)CC1. The van der Waals surface area contributed by atoms with Crippen LogP contribution >= 0.6 is 0 Å². The largest absolute Gasteiger partial charge is 0.330 e. The van der Waals surface area contributed by atoms with E-state index in [1.165, 1.54) is 52.1 Å². The molecule has 0 spiro atoms. The van der Waals surface area contributed by atoms with E-state index >= 15 is 0 Å². The third-order valence-corrected chi connectivity index (χ3v) is 4.04. The Kier molecular flexibility index (Phi) is 6.61. The fourth-order valence-corrected chi connectivity index (χ4v) is 3.04. The molecule has 1 heterocycles. The van der Waals surface area contributed by atoms with Gasteiger partial charge in [-0.1, -0.05) is 34.1 Å². The molecule has 0 bridgehead atoms. The van der Waals surface area contributed by atoms with Crippen molar-refractivity contribution in [3.8, 4) is 0 Å². The van der Waals surface area contributed by atoms with Gasteiger partial charge in [-0.15, -0.1) is 0 Å². The van der Waals surface area contributed by atoms with Gasteiger partial charge in [0, 0.05) is 39.3 Å². The van der Waals surface area contributed by atoms with Crippen molar-refractivity contribution < 1.29 is 0 Å². The van der Waals surface area contributed by atoms with Gasteiger partial charge in [-0.25, -0.2) is 0 Å². The van der Waals surface area contributed by atoms with Gasteiger partial charge >= 0.3 is 0 Å². The molecule has 0 saturated carbocycles. The first-order valence-electron chi connectivity index (χ1n) is 7.64. The Bertz CT molecular complexity index is 222. The maximum Gasteiger partial charge on any atom is 0.0110 e. The second kappa shape index (κ2) is 7.46. The maximum atomic E-state index is 5.97. The highest BCUT2D eigenvalue weighted by Gasteiger charge is 2.27. The highest BCUT2D eigenvalue weighted by molar-refractivity contribution is 4.82. The van der Waals surface area contributed by atoms with Crippen molar-refractivity contribution >= 4 is 0 Å². The van der Waals surface area contributed by atoms with Crippen LogP contribution in [0.5, 0.6) is 0 Å². The predicted octanol–water partition coefficient (Wildman–Crippen LogP) is 2.03. The van der Waals surface area contributed by atoms with E-state index in [2.05, 4.69) is 37.5 Å². The Hall–Kier alpha value is -0.120. The summed E-state index contributed by atoms with van der Waals surface area (Å²) in [7, 11) is 0. The Morgan fingerprint density at radius 1 is 1.11 bits per heavy atom. The van der Waals surface area contributed by atoms with Crippen LogP contribution in [0.25, 0.3) is 0 Å². The lowest BCUT2D eigenvalue weighted by Gasteiger charge is -2.40. The molecular weight excluding hydrogens is 222 g/mol. The first kappa shape index (κ1) is 15.9. The molecule has 1 unspecified atom stereocenters. The Morgan fingerprint density at radius 3 is 2.11 bits per heavy atom. The lowest BCUT2D eigenvalue weighted by molar-refractivity contribution is 0.0838. The zero-order valence-corrected chi connectivity index (χ0v) is 12.9. The van der Waals surface area contributed by atoms with Gasteiger partial charge in [0.2, 0.25) is 0 Å². The minimum atomic E-state index is 0.314. The lowest BCUT2D eigenvalue weighted by Crippen LogP contribution is -2.51. The van der Waals surface area contributed by atoms with Gasteiger partial charge in [-0.2, -0.15) is 0 Å². The van der Waals surface area contributed by atoms with Crippen LogP contribution in [0.1, 0.15) is 40.5 Å². The molecule has 2 N–H and O–H groups in total. The average molecular weight is 255 g/mol. The average Bonchev–Trinajstić information content (AvgIpc) is 2.31. The van der Waals surface area contributed by atoms with Crippen LogP contribution in [0.2, 0.25) is 0 Å². The van der Waals surface area contributed by atoms with Crippen LogP contribution in [0.4, 0.5) is 0 Å². The fraction of sp³-hybridized carbons (Fsp3) is 1.00. The smallest absolute Gasteiger partial charge is 0.0110 e. The molecule has 0 aromatic heterocycles. The second-order valence-electron chi connectivity index (χ2n) is 6.74. The van der Waals surface area contributed by atoms with E-state index in [9.17, 15) is 0 Å². The minimum absolute atomic E-state index is 0.314. The highest BCUT2D eigenvalue weighted by atomic mass is 15.3. The summed E-state index contributed by atoms with van der Waals surface area (Å²) >= 11 is 0. The zero-order valence-electron chi connectivity index (χ0n) is 12.9. The van der Waals surface area contributed by atoms with E-state index in [0.29, 0.717) is 5.41 Å². The van der Waals surface area contributed by atoms with E-state index < -0.39 is 0 Å². The van der Waals surface area contributed by atoms with Crippen LogP contribution in [0.15, 0.2) is 0 Å². The number of piperazine rings is 1. The van der Waals surface area contributed by atoms with Crippen LogP contribution in [0, 0.1) is 11.3 Å². The van der Waals surface area contributed by atoms with Crippen molar-refractivity contribution in [3.05, 3.63) is 0 Å². The van der Waals surface area contributed by atoms with Crippen molar-refractivity contribution in [2.24, 2.45) is 17.1 Å². The molecule has 1 rings (SSSR count). The zero-order chi connectivity index (χ0) is 13.6. The lowest BCUT2D eigenvalue weighted by atomic mass is 9.85. The van der Waals surface area contributed by atoms with Gasteiger partial charge in [0.05, 0.1) is 0 Å². The summed E-state index contributed by atoms with van der Waals surface area (Å²) in [5, 5.41) is 0. The Labute approximate surface area is 114 Å². The quantitative estimate of drug-likeness (QED) is 0.755. The van der Waals surface area contributed by atoms with E-state index in [1.807, 2.05) is 0 Å². The molecule has 3 heteroatoms. The van der Waals surface area contributed by atoms with Gasteiger partial charge in [-0.3, -0.25) is 0 Å². The molecule has 18 heavy (non-hydrogen) atoms. The molecule has 1 aliphatic heterocycles. The van der Waals surface area contributed by atoms with E-state index in [-0.39, 0.29) is 0 Å². The minimum Gasteiger partial charge on any atom is -0.330 e. The van der Waals surface area contributed by atoms with Crippen LogP contribution < -0.4 is 5.73 Å². The van der Waals surface area contributed by atoms with E-state index in [1.54, 1.807) is 0 Å². The molecule has 1 fully saturated rings. The van der Waals surface area contributed by atoms with Crippen LogP contribution in [0.3, 0.4) is 0 Å². The molecule has 1 saturated heterocycles. The van der Waals surface area contributed by atoms with Crippen molar-refractivity contribution in [1.82, 2.24) is 9.80 Å². The predicted molar refractivity (Wildman–Crippen MR) is 79.8 cm³/mol. The molecule has 0 aromatic rings. The number of nitrogens with zero attached hydrogens (tertiary/aromatic N) is 2. The third kappa shape index (κ3) is 5.25.